The van der Waals surface area contributed by atoms with Crippen LogP contribution in [0.1, 0.15) is 24.4 Å². The number of hydrogen-bond acceptors (Lipinski definition) is 5. The van der Waals surface area contributed by atoms with Crippen LogP contribution in [0.25, 0.3) is 11.4 Å². The summed E-state index contributed by atoms with van der Waals surface area (Å²) in [4.78, 5) is 4.52. The fourth-order valence-corrected chi connectivity index (χ4v) is 2.44. The summed E-state index contributed by atoms with van der Waals surface area (Å²) in [6.07, 6.45) is 0. The van der Waals surface area contributed by atoms with E-state index in [1.165, 1.54) is 0 Å². The molecule has 124 valence electrons. The summed E-state index contributed by atoms with van der Waals surface area (Å²) in [5.41, 5.74) is 8.06. The maximum absolute atomic E-state index is 6.25. The Balaban J connectivity index is 1.88. The lowest BCUT2D eigenvalue weighted by Gasteiger charge is -2.10. The van der Waals surface area contributed by atoms with E-state index in [2.05, 4.69) is 15.2 Å². The van der Waals surface area contributed by atoms with Crippen molar-refractivity contribution in [3.8, 4) is 22.9 Å². The molecule has 1 heterocycles. The summed E-state index contributed by atoms with van der Waals surface area (Å²) in [6, 6.07) is 15.0. The molecule has 0 aliphatic heterocycles. The molecule has 0 unspecified atom stereocenters. The molecular weight excluding hydrogens is 304 g/mol. The molecule has 0 fully saturated rings. The summed E-state index contributed by atoms with van der Waals surface area (Å²) < 4.78 is 10.9. The molecule has 3 aromatic rings. The molecule has 6 heteroatoms. The van der Waals surface area contributed by atoms with E-state index in [9.17, 15) is 0 Å². The van der Waals surface area contributed by atoms with Gasteiger partial charge in [-0.15, -0.1) is 0 Å². The highest BCUT2D eigenvalue weighted by molar-refractivity contribution is 5.61. The molecule has 2 aromatic carbocycles. The minimum absolute atomic E-state index is 0.350. The van der Waals surface area contributed by atoms with E-state index in [1.54, 1.807) is 7.11 Å². The van der Waals surface area contributed by atoms with Crippen LogP contribution in [0.4, 0.5) is 0 Å². The number of rotatable bonds is 6. The second kappa shape index (κ2) is 7.14. The van der Waals surface area contributed by atoms with E-state index >= 15 is 0 Å². The van der Waals surface area contributed by atoms with Crippen LogP contribution in [0.2, 0.25) is 0 Å². The summed E-state index contributed by atoms with van der Waals surface area (Å²) in [6.45, 7) is 2.51. The van der Waals surface area contributed by atoms with Crippen molar-refractivity contribution in [1.82, 2.24) is 15.2 Å². The Labute approximate surface area is 140 Å². The average Bonchev–Trinajstić information content (AvgIpc) is 3.12. The normalized spacial score (nSPS) is 12.0. The zero-order valence-electron chi connectivity index (χ0n) is 13.7. The number of aromatic nitrogens is 3. The number of aromatic amines is 1. The second-order valence-electron chi connectivity index (χ2n) is 5.23. The number of benzene rings is 2. The van der Waals surface area contributed by atoms with Crippen molar-refractivity contribution in [3.63, 3.8) is 0 Å². The minimum atomic E-state index is -0.350. The molecule has 0 aliphatic carbocycles. The molecule has 3 rings (SSSR count). The van der Waals surface area contributed by atoms with Gasteiger partial charge in [0, 0.05) is 5.56 Å². The molecule has 0 saturated heterocycles. The highest BCUT2D eigenvalue weighted by Gasteiger charge is 2.15. The number of ether oxygens (including phenoxy) is 2. The lowest BCUT2D eigenvalue weighted by molar-refractivity contribution is 0.311. The molecule has 0 bridgehead atoms. The van der Waals surface area contributed by atoms with Crippen LogP contribution < -0.4 is 15.2 Å². The van der Waals surface area contributed by atoms with Crippen molar-refractivity contribution in [2.75, 3.05) is 13.7 Å². The van der Waals surface area contributed by atoms with Gasteiger partial charge in [-0.05, 0) is 30.7 Å². The first-order valence-corrected chi connectivity index (χ1v) is 7.77. The average molecular weight is 324 g/mol. The van der Waals surface area contributed by atoms with Gasteiger partial charge in [-0.25, -0.2) is 4.98 Å². The number of H-pyrrole nitrogens is 1. The van der Waals surface area contributed by atoms with Gasteiger partial charge in [-0.3, -0.25) is 5.10 Å². The predicted molar refractivity (Wildman–Crippen MR) is 92.0 cm³/mol. The maximum atomic E-state index is 6.25. The first-order chi connectivity index (χ1) is 11.7. The van der Waals surface area contributed by atoms with E-state index in [4.69, 9.17) is 15.2 Å². The largest absolute Gasteiger partial charge is 0.493 e. The third-order valence-corrected chi connectivity index (χ3v) is 3.68. The molecule has 1 atom stereocenters. The monoisotopic (exact) mass is 324 g/mol. The van der Waals surface area contributed by atoms with E-state index in [-0.39, 0.29) is 6.04 Å². The molecule has 0 amide bonds. The number of hydrogen-bond donors (Lipinski definition) is 2. The predicted octanol–water partition coefficient (Wildman–Crippen LogP) is 2.93. The molecule has 0 spiro atoms. The quantitative estimate of drug-likeness (QED) is 0.728. The van der Waals surface area contributed by atoms with Gasteiger partial charge in [-0.2, -0.15) is 5.10 Å². The first kappa shape index (κ1) is 16.0. The Morgan fingerprint density at radius 1 is 1.12 bits per heavy atom. The van der Waals surface area contributed by atoms with Crippen molar-refractivity contribution >= 4 is 0 Å². The molecule has 0 saturated carbocycles. The number of nitrogens with zero attached hydrogens (tertiary/aromatic N) is 2. The van der Waals surface area contributed by atoms with Crippen LogP contribution in [0.5, 0.6) is 11.5 Å². The van der Waals surface area contributed by atoms with Crippen LogP contribution in [0, 0.1) is 0 Å². The smallest absolute Gasteiger partial charge is 0.181 e. The SMILES string of the molecule is CCOc1ccc(-c2n[nH]c([C@H](N)c3ccccc3)n2)cc1OC. The zero-order chi connectivity index (χ0) is 16.9. The topological polar surface area (TPSA) is 86.0 Å². The summed E-state index contributed by atoms with van der Waals surface area (Å²) in [7, 11) is 1.61. The van der Waals surface area contributed by atoms with Crippen LogP contribution in [-0.4, -0.2) is 28.9 Å². The highest BCUT2D eigenvalue weighted by atomic mass is 16.5. The Morgan fingerprint density at radius 3 is 2.62 bits per heavy atom. The molecule has 24 heavy (non-hydrogen) atoms. The molecule has 3 N–H and O–H groups in total. The third-order valence-electron chi connectivity index (χ3n) is 3.68. The zero-order valence-corrected chi connectivity index (χ0v) is 13.7. The maximum Gasteiger partial charge on any atom is 0.181 e. The van der Waals surface area contributed by atoms with E-state index in [0.717, 1.165) is 11.1 Å². The standard InChI is InChI=1S/C18H20N4O2/c1-3-24-14-10-9-13(11-15(14)23-2)17-20-18(22-21-17)16(19)12-7-5-4-6-8-12/h4-11,16H,3,19H2,1-2H3,(H,20,21,22)/t16-/m1/s1. The second-order valence-corrected chi connectivity index (χ2v) is 5.23. The van der Waals surface area contributed by atoms with Crippen LogP contribution in [-0.2, 0) is 0 Å². The lowest BCUT2D eigenvalue weighted by Crippen LogP contribution is -2.13. The highest BCUT2D eigenvalue weighted by Crippen LogP contribution is 2.31. The van der Waals surface area contributed by atoms with Gasteiger partial charge in [0.05, 0.1) is 19.8 Å². The van der Waals surface area contributed by atoms with Gasteiger partial charge >= 0.3 is 0 Å². The molecule has 0 aliphatic rings. The minimum Gasteiger partial charge on any atom is -0.493 e. The lowest BCUT2D eigenvalue weighted by atomic mass is 10.1. The number of nitrogens with two attached hydrogens (primary N) is 1. The van der Waals surface area contributed by atoms with Crippen molar-refractivity contribution in [2.45, 2.75) is 13.0 Å². The number of methoxy groups -OCH3 is 1. The molecule has 1 aromatic heterocycles. The van der Waals surface area contributed by atoms with E-state index < -0.39 is 0 Å². The summed E-state index contributed by atoms with van der Waals surface area (Å²) in [5.74, 6) is 2.52. The summed E-state index contributed by atoms with van der Waals surface area (Å²) in [5, 5.41) is 7.19. The fraction of sp³-hybridized carbons (Fsp3) is 0.222. The van der Waals surface area contributed by atoms with Crippen LogP contribution in [0.15, 0.2) is 48.5 Å². The number of nitrogens with one attached hydrogen (secondary N) is 1. The Hall–Kier alpha value is -2.86. The Morgan fingerprint density at radius 2 is 1.92 bits per heavy atom. The van der Waals surface area contributed by atoms with E-state index in [1.807, 2.05) is 55.5 Å². The molecule has 6 nitrogen and oxygen atoms in total. The van der Waals surface area contributed by atoms with Crippen molar-refractivity contribution < 1.29 is 9.47 Å². The van der Waals surface area contributed by atoms with E-state index in [0.29, 0.717) is 29.8 Å². The Bertz CT molecular complexity index is 802. The summed E-state index contributed by atoms with van der Waals surface area (Å²) >= 11 is 0. The van der Waals surface area contributed by atoms with Gasteiger partial charge in [0.15, 0.2) is 17.3 Å². The fourth-order valence-electron chi connectivity index (χ4n) is 2.44. The van der Waals surface area contributed by atoms with Crippen LogP contribution in [0.3, 0.4) is 0 Å². The van der Waals surface area contributed by atoms with Crippen LogP contribution >= 0.6 is 0 Å². The van der Waals surface area contributed by atoms with Gasteiger partial charge in [-0.1, -0.05) is 30.3 Å². The van der Waals surface area contributed by atoms with Crippen molar-refractivity contribution in [2.24, 2.45) is 5.73 Å². The third kappa shape index (κ3) is 3.23. The Kier molecular flexibility index (Phi) is 4.77. The van der Waals surface area contributed by atoms with Gasteiger partial charge in [0.25, 0.3) is 0 Å². The van der Waals surface area contributed by atoms with Crippen molar-refractivity contribution in [1.29, 1.82) is 0 Å². The van der Waals surface area contributed by atoms with Crippen molar-refractivity contribution in [3.05, 3.63) is 59.9 Å². The first-order valence-electron chi connectivity index (χ1n) is 7.77. The van der Waals surface area contributed by atoms with Gasteiger partial charge in [0.2, 0.25) is 0 Å². The molecule has 0 radical (unpaired) electrons. The van der Waals surface area contributed by atoms with Gasteiger partial charge in [0.1, 0.15) is 5.82 Å². The molecular formula is C18H20N4O2. The van der Waals surface area contributed by atoms with Gasteiger partial charge < -0.3 is 15.2 Å².